The van der Waals surface area contributed by atoms with Gasteiger partial charge in [-0.25, -0.2) is 8.42 Å². The highest BCUT2D eigenvalue weighted by Gasteiger charge is 2.51. The molecule has 0 bridgehead atoms. The molecular formula is C21H28N2O3S. The van der Waals surface area contributed by atoms with Crippen molar-refractivity contribution >= 4 is 21.4 Å². The van der Waals surface area contributed by atoms with Crippen LogP contribution in [0.4, 0.5) is 5.69 Å². The van der Waals surface area contributed by atoms with Crippen molar-refractivity contribution in [2.24, 2.45) is 11.7 Å². The lowest BCUT2D eigenvalue weighted by atomic mass is 9.99. The van der Waals surface area contributed by atoms with Crippen LogP contribution in [0.3, 0.4) is 0 Å². The largest absolute Gasteiger partial charge is 0.367 e. The third kappa shape index (κ3) is 4.16. The number of rotatable bonds is 8. The van der Waals surface area contributed by atoms with Crippen molar-refractivity contribution in [2.75, 3.05) is 17.7 Å². The molecule has 0 aliphatic heterocycles. The summed E-state index contributed by atoms with van der Waals surface area (Å²) in [6, 6.07) is 17.4. The Kier molecular flexibility index (Phi) is 6.31. The minimum Gasteiger partial charge on any atom is -0.367 e. The molecule has 1 amide bonds. The maximum Gasteiger partial charge on any atom is 0.259 e. The molecule has 2 N–H and O–H groups in total. The first-order valence-corrected chi connectivity index (χ1v) is 10.9. The summed E-state index contributed by atoms with van der Waals surface area (Å²) < 4.78 is 25.5. The Balaban J connectivity index is 2.55. The second kappa shape index (κ2) is 8.13. The van der Waals surface area contributed by atoms with Gasteiger partial charge in [0, 0.05) is 18.5 Å². The van der Waals surface area contributed by atoms with Gasteiger partial charge in [-0.3, -0.25) is 4.79 Å². The summed E-state index contributed by atoms with van der Waals surface area (Å²) in [7, 11) is -3.79. The summed E-state index contributed by atoms with van der Waals surface area (Å²) in [5.41, 5.74) is 8.42. The van der Waals surface area contributed by atoms with Crippen molar-refractivity contribution in [3.8, 4) is 11.1 Å². The van der Waals surface area contributed by atoms with Gasteiger partial charge in [-0.15, -0.1) is 0 Å². The Morgan fingerprint density at radius 3 is 1.96 bits per heavy atom. The molecule has 0 heterocycles. The van der Waals surface area contributed by atoms with E-state index in [2.05, 4.69) is 0 Å². The van der Waals surface area contributed by atoms with Gasteiger partial charge >= 0.3 is 0 Å². The topological polar surface area (TPSA) is 80.5 Å². The number of likely N-dealkylation sites (N-methyl/N-ethyl adjacent to an activating group) is 1. The van der Waals surface area contributed by atoms with Crippen LogP contribution in [0.2, 0.25) is 0 Å². The number of anilines is 1. The highest BCUT2D eigenvalue weighted by molar-refractivity contribution is 7.93. The number of sulfone groups is 1. The molecule has 0 aliphatic rings. The molecule has 1 atom stereocenters. The molecule has 6 heteroatoms. The highest BCUT2D eigenvalue weighted by atomic mass is 32.2. The first kappa shape index (κ1) is 21.0. The van der Waals surface area contributed by atoms with Gasteiger partial charge in [-0.1, -0.05) is 56.3 Å². The molecule has 0 unspecified atom stereocenters. The summed E-state index contributed by atoms with van der Waals surface area (Å²) in [4.78, 5) is 12.3. The lowest BCUT2D eigenvalue weighted by Gasteiger charge is -2.42. The fraction of sp³-hybridized carbons (Fsp3) is 0.381. The number of hydrogen-bond donors (Lipinski definition) is 1. The number of primary amides is 1. The smallest absolute Gasteiger partial charge is 0.259 e. The predicted octanol–water partition coefficient (Wildman–Crippen LogP) is 3.45. The van der Waals surface area contributed by atoms with Crippen molar-refractivity contribution in [1.82, 2.24) is 0 Å². The molecule has 0 saturated heterocycles. The zero-order valence-corrected chi connectivity index (χ0v) is 17.2. The normalized spacial score (nSPS) is 14.0. The third-order valence-corrected chi connectivity index (χ3v) is 6.54. The molecule has 2 aromatic rings. The summed E-state index contributed by atoms with van der Waals surface area (Å²) in [5, 5.41) is 0. The summed E-state index contributed by atoms with van der Waals surface area (Å²) in [6.45, 7) is 5.94. The number of amides is 1. The fourth-order valence-electron chi connectivity index (χ4n) is 3.54. The Morgan fingerprint density at radius 2 is 1.56 bits per heavy atom. The monoisotopic (exact) mass is 388 g/mol. The van der Waals surface area contributed by atoms with Crippen LogP contribution in [0.25, 0.3) is 11.1 Å². The van der Waals surface area contributed by atoms with Gasteiger partial charge in [-0.05, 0) is 42.5 Å². The third-order valence-electron chi connectivity index (χ3n) is 4.72. The number of nitrogens with zero attached hydrogens (tertiary/aromatic N) is 1. The van der Waals surface area contributed by atoms with Crippen molar-refractivity contribution in [3.63, 3.8) is 0 Å². The maximum atomic E-state index is 12.7. The first-order valence-electron chi connectivity index (χ1n) is 9.06. The van der Waals surface area contributed by atoms with E-state index in [0.29, 0.717) is 12.2 Å². The van der Waals surface area contributed by atoms with E-state index in [0.717, 1.165) is 17.4 Å². The Bertz CT molecular complexity index is 877. The molecule has 0 aromatic heterocycles. The van der Waals surface area contributed by atoms with Crippen LogP contribution in [0, 0.1) is 5.92 Å². The minimum absolute atomic E-state index is 0.0233. The standard InChI is InChI=1S/C21H28N2O3S/c1-5-23(21(20(22)24,15-16(2)3)27(4,25)26)19-13-11-18(12-14-19)17-9-7-6-8-10-17/h6-14,16H,5,15H2,1-4H3,(H2,22,24)/t21-/m1/s1. The highest BCUT2D eigenvalue weighted by Crippen LogP contribution is 2.35. The van der Waals surface area contributed by atoms with E-state index in [1.54, 1.807) is 4.90 Å². The van der Waals surface area contributed by atoms with Gasteiger partial charge in [-0.2, -0.15) is 0 Å². The molecule has 5 nitrogen and oxygen atoms in total. The number of carbonyl (C=O) groups is 1. The quantitative estimate of drug-likeness (QED) is 0.751. The predicted molar refractivity (Wildman–Crippen MR) is 111 cm³/mol. The van der Waals surface area contributed by atoms with Crippen LogP contribution < -0.4 is 10.6 Å². The molecule has 0 radical (unpaired) electrons. The lowest BCUT2D eigenvalue weighted by molar-refractivity contribution is -0.121. The molecule has 0 fully saturated rings. The van der Waals surface area contributed by atoms with Crippen LogP contribution in [0.15, 0.2) is 54.6 Å². The van der Waals surface area contributed by atoms with E-state index in [1.807, 2.05) is 75.4 Å². The molecule has 2 aromatic carbocycles. The summed E-state index contributed by atoms with van der Waals surface area (Å²) >= 11 is 0. The molecule has 2 rings (SSSR count). The average molecular weight is 389 g/mol. The van der Waals surface area contributed by atoms with Crippen LogP contribution in [0.5, 0.6) is 0 Å². The van der Waals surface area contributed by atoms with E-state index < -0.39 is 20.6 Å². The first-order chi connectivity index (χ1) is 12.6. The Hall–Kier alpha value is -2.34. The van der Waals surface area contributed by atoms with Gasteiger partial charge in [0.15, 0.2) is 9.84 Å². The number of carbonyl (C=O) groups excluding carboxylic acids is 1. The summed E-state index contributed by atoms with van der Waals surface area (Å²) in [5.74, 6) is -0.863. The second-order valence-electron chi connectivity index (χ2n) is 7.18. The van der Waals surface area contributed by atoms with E-state index in [1.165, 1.54) is 0 Å². The molecular weight excluding hydrogens is 360 g/mol. The Morgan fingerprint density at radius 1 is 1.04 bits per heavy atom. The van der Waals surface area contributed by atoms with Gasteiger partial charge < -0.3 is 10.6 Å². The molecule has 0 saturated carbocycles. The second-order valence-corrected chi connectivity index (χ2v) is 9.40. The van der Waals surface area contributed by atoms with E-state index >= 15 is 0 Å². The van der Waals surface area contributed by atoms with Crippen LogP contribution in [-0.4, -0.2) is 32.0 Å². The zero-order valence-electron chi connectivity index (χ0n) is 16.3. The van der Waals surface area contributed by atoms with Crippen molar-refractivity contribution in [3.05, 3.63) is 54.6 Å². The zero-order chi connectivity index (χ0) is 20.2. The number of benzene rings is 2. The van der Waals surface area contributed by atoms with Gasteiger partial charge in [0.2, 0.25) is 4.87 Å². The van der Waals surface area contributed by atoms with Crippen molar-refractivity contribution in [2.45, 2.75) is 32.1 Å². The molecule has 0 aliphatic carbocycles. The maximum absolute atomic E-state index is 12.7. The van der Waals surface area contributed by atoms with Crippen molar-refractivity contribution < 1.29 is 13.2 Å². The van der Waals surface area contributed by atoms with Gasteiger partial charge in [0.05, 0.1) is 0 Å². The lowest BCUT2D eigenvalue weighted by Crippen LogP contribution is -2.63. The molecule has 0 spiro atoms. The van der Waals surface area contributed by atoms with Gasteiger partial charge in [0.1, 0.15) is 0 Å². The van der Waals surface area contributed by atoms with Crippen LogP contribution in [-0.2, 0) is 14.6 Å². The molecule has 146 valence electrons. The van der Waals surface area contributed by atoms with E-state index in [9.17, 15) is 13.2 Å². The summed E-state index contributed by atoms with van der Waals surface area (Å²) in [6.07, 6.45) is 1.22. The Labute approximate surface area is 162 Å². The van der Waals surface area contributed by atoms with Crippen LogP contribution >= 0.6 is 0 Å². The number of nitrogens with two attached hydrogens (primary N) is 1. The van der Waals surface area contributed by atoms with Crippen molar-refractivity contribution in [1.29, 1.82) is 0 Å². The van der Waals surface area contributed by atoms with Crippen LogP contribution in [0.1, 0.15) is 27.2 Å². The fourth-order valence-corrected chi connectivity index (χ4v) is 5.18. The number of hydrogen-bond acceptors (Lipinski definition) is 4. The van der Waals surface area contributed by atoms with E-state index in [4.69, 9.17) is 5.73 Å². The molecule has 27 heavy (non-hydrogen) atoms. The SMILES string of the molecule is CCN(c1ccc(-c2ccccc2)cc1)[C@@](CC(C)C)(C(N)=O)S(C)(=O)=O. The van der Waals surface area contributed by atoms with Gasteiger partial charge in [0.25, 0.3) is 5.91 Å². The average Bonchev–Trinajstić information content (AvgIpc) is 2.61. The minimum atomic E-state index is -3.79. The van der Waals surface area contributed by atoms with E-state index in [-0.39, 0.29) is 12.3 Å².